The number of pyridine rings is 1. The Balaban J connectivity index is 1.82. The smallest absolute Gasteiger partial charge is 0.422 e. The molecule has 0 radical (unpaired) electrons. The zero-order chi connectivity index (χ0) is 19.2. The molecule has 0 bridgehead atoms. The van der Waals surface area contributed by atoms with E-state index in [2.05, 4.69) is 20.4 Å². The Kier molecular flexibility index (Phi) is 6.16. The van der Waals surface area contributed by atoms with Gasteiger partial charge in [-0.05, 0) is 24.6 Å². The van der Waals surface area contributed by atoms with E-state index in [1.807, 2.05) is 0 Å². The number of alkyl halides is 3. The molecule has 2 N–H and O–H groups in total. The molecule has 9 heteroatoms. The van der Waals surface area contributed by atoms with E-state index in [1.54, 1.807) is 31.2 Å². The van der Waals surface area contributed by atoms with E-state index in [-0.39, 0.29) is 24.0 Å². The Morgan fingerprint density at radius 1 is 1.15 bits per heavy atom. The van der Waals surface area contributed by atoms with E-state index < -0.39 is 18.7 Å². The molecule has 1 aromatic heterocycles. The molecule has 0 saturated carbocycles. The van der Waals surface area contributed by atoms with E-state index in [1.165, 1.54) is 12.1 Å². The van der Waals surface area contributed by atoms with E-state index in [0.29, 0.717) is 5.56 Å². The fourth-order valence-electron chi connectivity index (χ4n) is 1.98. The van der Waals surface area contributed by atoms with Crippen LogP contribution in [0.2, 0.25) is 0 Å². The van der Waals surface area contributed by atoms with Crippen molar-refractivity contribution < 1.29 is 27.5 Å². The highest BCUT2D eigenvalue weighted by molar-refractivity contribution is 6.00. The van der Waals surface area contributed by atoms with Crippen molar-refractivity contribution in [2.24, 2.45) is 0 Å². The van der Waals surface area contributed by atoms with Crippen LogP contribution in [0.5, 0.6) is 5.88 Å². The molecular formula is C17H16F3N3O3. The molecule has 0 spiro atoms. The van der Waals surface area contributed by atoms with Gasteiger partial charge >= 0.3 is 6.18 Å². The molecule has 0 aliphatic heterocycles. The fraction of sp³-hybridized carbons (Fsp3) is 0.235. The van der Waals surface area contributed by atoms with Gasteiger partial charge in [0.1, 0.15) is 0 Å². The second-order valence-corrected chi connectivity index (χ2v) is 5.33. The first-order valence-corrected chi connectivity index (χ1v) is 7.54. The molecule has 1 heterocycles. The van der Waals surface area contributed by atoms with Crippen LogP contribution < -0.4 is 15.4 Å². The lowest BCUT2D eigenvalue weighted by Gasteiger charge is -2.10. The topological polar surface area (TPSA) is 80.3 Å². The first kappa shape index (κ1) is 19.2. The van der Waals surface area contributed by atoms with Crippen molar-refractivity contribution in [3.8, 4) is 5.88 Å². The molecule has 0 atom stereocenters. The number of aryl methyl sites for hydroxylation is 1. The second-order valence-electron chi connectivity index (χ2n) is 5.33. The SMILES string of the molecule is Cc1ccccc1C(=O)NCC(=O)Nc1ccc(OCC(F)(F)F)nc1. The number of anilines is 1. The molecule has 26 heavy (non-hydrogen) atoms. The molecule has 2 amide bonds. The molecule has 0 aliphatic carbocycles. The molecular weight excluding hydrogens is 351 g/mol. The predicted octanol–water partition coefficient (Wildman–Crippen LogP) is 2.70. The normalized spacial score (nSPS) is 10.9. The van der Waals surface area contributed by atoms with Crippen LogP contribution in [0.1, 0.15) is 15.9 Å². The number of nitrogens with one attached hydrogen (secondary N) is 2. The van der Waals surface area contributed by atoms with Gasteiger partial charge in [0.2, 0.25) is 11.8 Å². The third kappa shape index (κ3) is 6.08. The van der Waals surface area contributed by atoms with Crippen LogP contribution in [0, 0.1) is 6.92 Å². The minimum atomic E-state index is -4.45. The van der Waals surface area contributed by atoms with Gasteiger partial charge < -0.3 is 15.4 Å². The molecule has 6 nitrogen and oxygen atoms in total. The van der Waals surface area contributed by atoms with Crippen molar-refractivity contribution >= 4 is 17.5 Å². The number of amides is 2. The van der Waals surface area contributed by atoms with Gasteiger partial charge in [0.15, 0.2) is 6.61 Å². The van der Waals surface area contributed by atoms with Crippen molar-refractivity contribution in [2.75, 3.05) is 18.5 Å². The summed E-state index contributed by atoms with van der Waals surface area (Å²) in [6.45, 7) is 0.0686. The van der Waals surface area contributed by atoms with Gasteiger partial charge in [0, 0.05) is 11.6 Å². The van der Waals surface area contributed by atoms with E-state index in [4.69, 9.17) is 0 Å². The molecule has 0 saturated heterocycles. The maximum absolute atomic E-state index is 12.0. The maximum Gasteiger partial charge on any atom is 0.422 e. The number of ether oxygens (including phenoxy) is 1. The van der Waals surface area contributed by atoms with Gasteiger partial charge in [0.05, 0.1) is 18.4 Å². The second kappa shape index (κ2) is 8.32. The monoisotopic (exact) mass is 367 g/mol. The fourth-order valence-corrected chi connectivity index (χ4v) is 1.98. The number of aromatic nitrogens is 1. The molecule has 138 valence electrons. The van der Waals surface area contributed by atoms with Crippen LogP contribution in [0.15, 0.2) is 42.6 Å². The molecule has 2 rings (SSSR count). The van der Waals surface area contributed by atoms with Gasteiger partial charge in [-0.15, -0.1) is 0 Å². The summed E-state index contributed by atoms with van der Waals surface area (Å²) in [5.41, 5.74) is 1.51. The quantitative estimate of drug-likeness (QED) is 0.823. The van der Waals surface area contributed by atoms with Crippen molar-refractivity contribution in [3.63, 3.8) is 0 Å². The average molecular weight is 367 g/mol. The van der Waals surface area contributed by atoms with Gasteiger partial charge in [-0.3, -0.25) is 9.59 Å². The van der Waals surface area contributed by atoms with Crippen LogP contribution in [0.4, 0.5) is 18.9 Å². The highest BCUT2D eigenvalue weighted by Crippen LogP contribution is 2.18. The van der Waals surface area contributed by atoms with Crippen molar-refractivity contribution in [3.05, 3.63) is 53.7 Å². The Labute approximate surface area is 147 Å². The van der Waals surface area contributed by atoms with E-state index in [0.717, 1.165) is 11.8 Å². The summed E-state index contributed by atoms with van der Waals surface area (Å²) in [4.78, 5) is 27.5. The number of carbonyl (C=O) groups excluding carboxylic acids is 2. The summed E-state index contributed by atoms with van der Waals surface area (Å²) in [7, 11) is 0. The van der Waals surface area contributed by atoms with Crippen LogP contribution in [0.25, 0.3) is 0 Å². The van der Waals surface area contributed by atoms with Crippen LogP contribution in [-0.2, 0) is 4.79 Å². The Morgan fingerprint density at radius 3 is 2.50 bits per heavy atom. The number of rotatable bonds is 6. The summed E-state index contributed by atoms with van der Waals surface area (Å²) in [6.07, 6.45) is -3.29. The first-order chi connectivity index (χ1) is 12.2. The number of hydrogen-bond donors (Lipinski definition) is 2. The van der Waals surface area contributed by atoms with Crippen LogP contribution >= 0.6 is 0 Å². The molecule has 1 aromatic carbocycles. The molecule has 0 aliphatic rings. The Bertz CT molecular complexity index is 777. The summed E-state index contributed by atoms with van der Waals surface area (Å²) >= 11 is 0. The Hall–Kier alpha value is -3.10. The van der Waals surface area contributed by atoms with Gasteiger partial charge in [-0.1, -0.05) is 18.2 Å². The van der Waals surface area contributed by atoms with Crippen molar-refractivity contribution in [1.29, 1.82) is 0 Å². The number of nitrogens with zero attached hydrogens (tertiary/aromatic N) is 1. The lowest BCUT2D eigenvalue weighted by atomic mass is 10.1. The zero-order valence-electron chi connectivity index (χ0n) is 13.8. The van der Waals surface area contributed by atoms with Crippen molar-refractivity contribution in [2.45, 2.75) is 13.1 Å². The number of carbonyl (C=O) groups is 2. The highest BCUT2D eigenvalue weighted by atomic mass is 19.4. The number of hydrogen-bond acceptors (Lipinski definition) is 4. The Morgan fingerprint density at radius 2 is 1.88 bits per heavy atom. The van der Waals surface area contributed by atoms with Gasteiger partial charge in [0.25, 0.3) is 5.91 Å². The summed E-state index contributed by atoms with van der Waals surface area (Å²) in [5.74, 6) is -1.10. The largest absolute Gasteiger partial charge is 0.468 e. The third-order valence-electron chi connectivity index (χ3n) is 3.20. The average Bonchev–Trinajstić information content (AvgIpc) is 2.59. The zero-order valence-corrected chi connectivity index (χ0v) is 13.8. The minimum Gasteiger partial charge on any atom is -0.468 e. The maximum atomic E-state index is 12.0. The summed E-state index contributed by atoms with van der Waals surface area (Å²) in [5, 5.41) is 4.96. The van der Waals surface area contributed by atoms with Crippen LogP contribution in [-0.4, -0.2) is 36.1 Å². The summed E-state index contributed by atoms with van der Waals surface area (Å²) in [6, 6.07) is 9.49. The lowest BCUT2D eigenvalue weighted by Crippen LogP contribution is -2.33. The third-order valence-corrected chi connectivity index (χ3v) is 3.20. The predicted molar refractivity (Wildman–Crippen MR) is 87.9 cm³/mol. The number of halogens is 3. The van der Waals surface area contributed by atoms with Crippen LogP contribution in [0.3, 0.4) is 0 Å². The molecule has 0 fully saturated rings. The number of benzene rings is 1. The minimum absolute atomic E-state index is 0.215. The van der Waals surface area contributed by atoms with E-state index in [9.17, 15) is 22.8 Å². The highest BCUT2D eigenvalue weighted by Gasteiger charge is 2.28. The molecule has 0 unspecified atom stereocenters. The van der Waals surface area contributed by atoms with Gasteiger partial charge in [-0.2, -0.15) is 13.2 Å². The standard InChI is InChI=1S/C17H16F3N3O3/c1-11-4-2-3-5-13(11)16(25)22-9-14(24)23-12-6-7-15(21-8-12)26-10-17(18,19)20/h2-8H,9-10H2,1H3,(H,22,25)(H,23,24). The summed E-state index contributed by atoms with van der Waals surface area (Å²) < 4.78 is 40.6. The lowest BCUT2D eigenvalue weighted by molar-refractivity contribution is -0.154. The van der Waals surface area contributed by atoms with Crippen molar-refractivity contribution in [1.82, 2.24) is 10.3 Å². The molecule has 2 aromatic rings. The van der Waals surface area contributed by atoms with E-state index >= 15 is 0 Å². The first-order valence-electron chi connectivity index (χ1n) is 7.54. The van der Waals surface area contributed by atoms with Gasteiger partial charge in [-0.25, -0.2) is 4.98 Å².